The highest BCUT2D eigenvalue weighted by Crippen LogP contribution is 2.12. The molecule has 2 N–H and O–H groups in total. The average molecular weight is 276 g/mol. The first-order chi connectivity index (χ1) is 9.63. The van der Waals surface area contributed by atoms with Crippen LogP contribution in [0.3, 0.4) is 0 Å². The van der Waals surface area contributed by atoms with E-state index >= 15 is 0 Å². The van der Waals surface area contributed by atoms with Crippen molar-refractivity contribution in [2.75, 3.05) is 13.2 Å². The van der Waals surface area contributed by atoms with Crippen LogP contribution in [0.5, 0.6) is 5.75 Å². The van der Waals surface area contributed by atoms with Crippen molar-refractivity contribution in [1.29, 1.82) is 0 Å². The molecule has 0 bridgehead atoms. The molecule has 110 valence electrons. The highest BCUT2D eigenvalue weighted by molar-refractivity contribution is 5.76. The minimum atomic E-state index is 0.0180. The van der Waals surface area contributed by atoms with Crippen LogP contribution in [0, 0.1) is 6.92 Å². The second kappa shape index (κ2) is 7.29. The molecule has 4 heteroatoms. The molecule has 2 atom stereocenters. The molecule has 1 saturated heterocycles. The fraction of sp³-hybridized carbons (Fsp3) is 0.562. The molecule has 2 rings (SSSR count). The smallest absolute Gasteiger partial charge is 0.221 e. The van der Waals surface area contributed by atoms with Crippen molar-refractivity contribution in [3.63, 3.8) is 0 Å². The van der Waals surface area contributed by atoms with Crippen LogP contribution in [-0.4, -0.2) is 31.1 Å². The fourth-order valence-electron chi connectivity index (χ4n) is 2.46. The Morgan fingerprint density at radius 3 is 3.10 bits per heavy atom. The third-order valence-corrected chi connectivity index (χ3v) is 3.49. The van der Waals surface area contributed by atoms with Gasteiger partial charge in [0.05, 0.1) is 6.04 Å². The number of ether oxygens (including phenoxy) is 1. The first-order valence-corrected chi connectivity index (χ1v) is 7.35. The van der Waals surface area contributed by atoms with Crippen molar-refractivity contribution in [3.05, 3.63) is 29.8 Å². The maximum absolute atomic E-state index is 11.9. The van der Waals surface area contributed by atoms with Crippen molar-refractivity contribution in [1.82, 2.24) is 10.6 Å². The van der Waals surface area contributed by atoms with Crippen LogP contribution in [0.2, 0.25) is 0 Å². The predicted octanol–water partition coefficient (Wildman–Crippen LogP) is 2.02. The number of aryl methyl sites for hydroxylation is 1. The standard InChI is InChI=1S/C16H24N2O2/c1-12-5-3-7-15(9-12)20-11-13(2)18-16(19)10-14-6-4-8-17-14/h3,5,7,9,13-14,17H,4,6,8,10-11H2,1-2H3,(H,18,19). The van der Waals surface area contributed by atoms with Crippen LogP contribution in [0.4, 0.5) is 0 Å². The second-order valence-corrected chi connectivity index (χ2v) is 5.59. The number of benzene rings is 1. The summed E-state index contributed by atoms with van der Waals surface area (Å²) in [6, 6.07) is 8.30. The van der Waals surface area contributed by atoms with Crippen LogP contribution in [0.15, 0.2) is 24.3 Å². The van der Waals surface area contributed by atoms with E-state index in [1.807, 2.05) is 38.1 Å². The summed E-state index contributed by atoms with van der Waals surface area (Å²) in [4.78, 5) is 11.9. The van der Waals surface area contributed by atoms with Gasteiger partial charge in [0.15, 0.2) is 0 Å². The van der Waals surface area contributed by atoms with Gasteiger partial charge in [-0.2, -0.15) is 0 Å². The summed E-state index contributed by atoms with van der Waals surface area (Å²) in [6.07, 6.45) is 2.83. The summed E-state index contributed by atoms with van der Waals surface area (Å²) < 4.78 is 5.69. The monoisotopic (exact) mass is 276 g/mol. The summed E-state index contributed by atoms with van der Waals surface area (Å²) in [5.41, 5.74) is 1.17. The van der Waals surface area contributed by atoms with E-state index in [2.05, 4.69) is 10.6 Å². The number of hydrogen-bond donors (Lipinski definition) is 2. The van der Waals surface area contributed by atoms with E-state index in [9.17, 15) is 4.79 Å². The van der Waals surface area contributed by atoms with Crippen LogP contribution in [0.1, 0.15) is 31.7 Å². The average Bonchev–Trinajstić information content (AvgIpc) is 2.89. The maximum atomic E-state index is 11.9. The Hall–Kier alpha value is -1.55. The van der Waals surface area contributed by atoms with E-state index in [-0.39, 0.29) is 11.9 Å². The second-order valence-electron chi connectivity index (χ2n) is 5.59. The normalized spacial score (nSPS) is 19.6. The molecular formula is C16H24N2O2. The number of amides is 1. The van der Waals surface area contributed by atoms with E-state index in [1.165, 1.54) is 12.0 Å². The van der Waals surface area contributed by atoms with Crippen molar-refractivity contribution in [2.45, 2.75) is 45.2 Å². The van der Waals surface area contributed by atoms with E-state index in [0.29, 0.717) is 19.1 Å². The molecule has 1 aromatic rings. The molecule has 0 aromatic heterocycles. The molecule has 2 unspecified atom stereocenters. The Kier molecular flexibility index (Phi) is 5.41. The lowest BCUT2D eigenvalue weighted by molar-refractivity contribution is -0.122. The van der Waals surface area contributed by atoms with Crippen molar-refractivity contribution < 1.29 is 9.53 Å². The third kappa shape index (κ3) is 4.85. The molecule has 1 fully saturated rings. The molecule has 1 aromatic carbocycles. The molecule has 1 aliphatic rings. The van der Waals surface area contributed by atoms with Gasteiger partial charge in [-0.05, 0) is 50.9 Å². The SMILES string of the molecule is Cc1cccc(OCC(C)NC(=O)CC2CCCN2)c1. The summed E-state index contributed by atoms with van der Waals surface area (Å²) in [7, 11) is 0. The molecular weight excluding hydrogens is 252 g/mol. The largest absolute Gasteiger partial charge is 0.491 e. The Labute approximate surface area is 120 Å². The van der Waals surface area contributed by atoms with Crippen LogP contribution >= 0.6 is 0 Å². The van der Waals surface area contributed by atoms with Crippen molar-refractivity contribution in [2.24, 2.45) is 0 Å². The predicted molar refractivity (Wildman–Crippen MR) is 79.9 cm³/mol. The first kappa shape index (κ1) is 14.9. The molecule has 1 aliphatic heterocycles. The van der Waals surface area contributed by atoms with Gasteiger partial charge in [-0.3, -0.25) is 4.79 Å². The Morgan fingerprint density at radius 2 is 2.40 bits per heavy atom. The molecule has 4 nitrogen and oxygen atoms in total. The molecule has 0 radical (unpaired) electrons. The number of carbonyl (C=O) groups is 1. The topological polar surface area (TPSA) is 50.4 Å². The van der Waals surface area contributed by atoms with E-state index < -0.39 is 0 Å². The van der Waals surface area contributed by atoms with E-state index in [1.54, 1.807) is 0 Å². The lowest BCUT2D eigenvalue weighted by atomic mass is 10.1. The number of rotatable bonds is 6. The van der Waals surface area contributed by atoms with Crippen LogP contribution in [0.25, 0.3) is 0 Å². The zero-order valence-electron chi connectivity index (χ0n) is 12.3. The minimum absolute atomic E-state index is 0.0180. The molecule has 1 heterocycles. The van der Waals surface area contributed by atoms with Gasteiger partial charge >= 0.3 is 0 Å². The zero-order chi connectivity index (χ0) is 14.4. The van der Waals surface area contributed by atoms with E-state index in [4.69, 9.17) is 4.74 Å². The minimum Gasteiger partial charge on any atom is -0.491 e. The highest BCUT2D eigenvalue weighted by atomic mass is 16.5. The summed E-state index contributed by atoms with van der Waals surface area (Å²) >= 11 is 0. The highest BCUT2D eigenvalue weighted by Gasteiger charge is 2.18. The molecule has 0 saturated carbocycles. The summed E-state index contributed by atoms with van der Waals surface area (Å²) in [5, 5.41) is 6.32. The number of hydrogen-bond acceptors (Lipinski definition) is 3. The summed E-state index contributed by atoms with van der Waals surface area (Å²) in [6.45, 7) is 5.53. The molecule has 1 amide bonds. The molecule has 20 heavy (non-hydrogen) atoms. The lowest BCUT2D eigenvalue weighted by Crippen LogP contribution is -2.39. The lowest BCUT2D eigenvalue weighted by Gasteiger charge is -2.17. The van der Waals surface area contributed by atoms with Gasteiger partial charge in [0.25, 0.3) is 0 Å². The van der Waals surface area contributed by atoms with Gasteiger partial charge in [0, 0.05) is 12.5 Å². The van der Waals surface area contributed by atoms with E-state index in [0.717, 1.165) is 18.7 Å². The Morgan fingerprint density at radius 1 is 1.55 bits per heavy atom. The summed E-state index contributed by atoms with van der Waals surface area (Å²) in [5.74, 6) is 0.952. The van der Waals surface area contributed by atoms with Gasteiger partial charge < -0.3 is 15.4 Å². The van der Waals surface area contributed by atoms with Gasteiger partial charge in [-0.15, -0.1) is 0 Å². The van der Waals surface area contributed by atoms with Gasteiger partial charge in [0.2, 0.25) is 5.91 Å². The maximum Gasteiger partial charge on any atom is 0.221 e. The van der Waals surface area contributed by atoms with Gasteiger partial charge in [-0.25, -0.2) is 0 Å². The van der Waals surface area contributed by atoms with Gasteiger partial charge in [0.1, 0.15) is 12.4 Å². The third-order valence-electron chi connectivity index (χ3n) is 3.49. The molecule has 0 spiro atoms. The van der Waals surface area contributed by atoms with Crippen LogP contribution in [-0.2, 0) is 4.79 Å². The van der Waals surface area contributed by atoms with Crippen LogP contribution < -0.4 is 15.4 Å². The first-order valence-electron chi connectivity index (χ1n) is 7.35. The fourth-order valence-corrected chi connectivity index (χ4v) is 2.46. The number of carbonyl (C=O) groups excluding carboxylic acids is 1. The quantitative estimate of drug-likeness (QED) is 0.836. The Balaban J connectivity index is 1.69. The zero-order valence-corrected chi connectivity index (χ0v) is 12.3. The number of nitrogens with one attached hydrogen (secondary N) is 2. The molecule has 0 aliphatic carbocycles. The van der Waals surface area contributed by atoms with Crippen molar-refractivity contribution >= 4 is 5.91 Å². The van der Waals surface area contributed by atoms with Gasteiger partial charge in [-0.1, -0.05) is 12.1 Å². The van der Waals surface area contributed by atoms with Crippen molar-refractivity contribution in [3.8, 4) is 5.75 Å². The Bertz CT molecular complexity index is 442.